The zero-order chi connectivity index (χ0) is 13.6. The molecule has 1 heterocycles. The zero-order valence-corrected chi connectivity index (χ0v) is 13.1. The average Bonchev–Trinajstić information content (AvgIpc) is 2.76. The van der Waals surface area contributed by atoms with Crippen molar-refractivity contribution in [3.05, 3.63) is 0 Å². The summed E-state index contributed by atoms with van der Waals surface area (Å²) in [5, 5.41) is 3.63. The summed E-state index contributed by atoms with van der Waals surface area (Å²) >= 11 is 0. The van der Waals surface area contributed by atoms with Gasteiger partial charge in [0.1, 0.15) is 0 Å². The molecule has 1 aliphatic rings. The molecule has 0 aromatic heterocycles. The molecule has 0 aromatic carbocycles. The zero-order valence-electron chi connectivity index (χ0n) is 13.1. The minimum Gasteiger partial charge on any atom is -0.311 e. The van der Waals surface area contributed by atoms with E-state index in [4.69, 9.17) is 0 Å². The van der Waals surface area contributed by atoms with Crippen LogP contribution < -0.4 is 5.32 Å². The summed E-state index contributed by atoms with van der Waals surface area (Å²) in [7, 11) is 2.26. The lowest BCUT2D eigenvalue weighted by atomic mass is 10.0. The van der Waals surface area contributed by atoms with Gasteiger partial charge in [0, 0.05) is 31.2 Å². The summed E-state index contributed by atoms with van der Waals surface area (Å²) < 4.78 is 0. The maximum absolute atomic E-state index is 3.63. The Kier molecular flexibility index (Phi) is 6.61. The highest BCUT2D eigenvalue weighted by Crippen LogP contribution is 2.17. The Bertz CT molecular complexity index is 228. The van der Waals surface area contributed by atoms with E-state index in [2.05, 4.69) is 49.9 Å². The van der Waals surface area contributed by atoms with Crippen LogP contribution in [0.4, 0.5) is 0 Å². The molecule has 0 spiro atoms. The van der Waals surface area contributed by atoms with Gasteiger partial charge < -0.3 is 10.2 Å². The smallest absolute Gasteiger partial charge is 0.0223 e. The fraction of sp³-hybridized carbons (Fsp3) is 1.00. The number of hydrogen-bond donors (Lipinski definition) is 1. The number of nitrogens with zero attached hydrogens (tertiary/aromatic N) is 2. The van der Waals surface area contributed by atoms with Crippen molar-refractivity contribution in [2.24, 2.45) is 0 Å². The van der Waals surface area contributed by atoms with E-state index in [0.29, 0.717) is 0 Å². The molecule has 1 atom stereocenters. The summed E-state index contributed by atoms with van der Waals surface area (Å²) in [4.78, 5) is 5.11. The Labute approximate surface area is 114 Å². The Balaban J connectivity index is 2.19. The van der Waals surface area contributed by atoms with Crippen LogP contribution in [0.1, 0.15) is 47.0 Å². The van der Waals surface area contributed by atoms with Crippen molar-refractivity contribution in [2.45, 2.75) is 58.5 Å². The number of rotatable bonds is 8. The second-order valence-electron chi connectivity index (χ2n) is 6.35. The normalized spacial score (nSPS) is 22.0. The maximum atomic E-state index is 3.63. The second-order valence-corrected chi connectivity index (χ2v) is 6.35. The summed E-state index contributed by atoms with van der Waals surface area (Å²) in [6, 6.07) is 0.791. The van der Waals surface area contributed by atoms with Crippen LogP contribution in [0.5, 0.6) is 0 Å². The molecule has 1 N–H and O–H groups in total. The van der Waals surface area contributed by atoms with E-state index in [1.807, 2.05) is 0 Å². The number of likely N-dealkylation sites (tertiary alicyclic amines) is 1. The van der Waals surface area contributed by atoms with Gasteiger partial charge in [-0.3, -0.25) is 4.90 Å². The van der Waals surface area contributed by atoms with Crippen molar-refractivity contribution >= 4 is 0 Å². The highest BCUT2D eigenvalue weighted by Gasteiger charge is 2.23. The molecule has 0 bridgehead atoms. The summed E-state index contributed by atoms with van der Waals surface area (Å²) in [5.41, 5.74) is 0.281. The maximum Gasteiger partial charge on any atom is 0.0223 e. The minimum atomic E-state index is 0.281. The van der Waals surface area contributed by atoms with Crippen molar-refractivity contribution in [1.82, 2.24) is 15.1 Å². The third-order valence-electron chi connectivity index (χ3n) is 4.41. The van der Waals surface area contributed by atoms with Crippen molar-refractivity contribution in [3.63, 3.8) is 0 Å². The second kappa shape index (κ2) is 7.46. The van der Waals surface area contributed by atoms with Crippen LogP contribution in [0.15, 0.2) is 0 Å². The summed E-state index contributed by atoms with van der Waals surface area (Å²) in [5.74, 6) is 0. The topological polar surface area (TPSA) is 18.5 Å². The SMILES string of the molecule is CCN1CCCC1CN(C)CCNC(C)(C)CC. The fourth-order valence-electron chi connectivity index (χ4n) is 2.68. The van der Waals surface area contributed by atoms with Crippen LogP contribution in [-0.2, 0) is 0 Å². The standard InChI is InChI=1S/C15H33N3/c1-6-15(3,4)16-10-12-17(5)13-14-9-8-11-18(14)7-2/h14,16H,6-13H2,1-5H3. The van der Waals surface area contributed by atoms with Crippen molar-refractivity contribution in [3.8, 4) is 0 Å². The van der Waals surface area contributed by atoms with Gasteiger partial charge in [-0.25, -0.2) is 0 Å². The summed E-state index contributed by atoms with van der Waals surface area (Å²) in [6.07, 6.45) is 3.95. The summed E-state index contributed by atoms with van der Waals surface area (Å²) in [6.45, 7) is 15.1. The molecule has 3 nitrogen and oxygen atoms in total. The minimum absolute atomic E-state index is 0.281. The van der Waals surface area contributed by atoms with Crippen molar-refractivity contribution in [1.29, 1.82) is 0 Å². The van der Waals surface area contributed by atoms with E-state index in [1.165, 1.54) is 38.9 Å². The lowest BCUT2D eigenvalue weighted by Gasteiger charge is -2.29. The predicted octanol–water partition coefficient (Wildman–Crippen LogP) is 2.18. The molecule has 3 heteroatoms. The van der Waals surface area contributed by atoms with Crippen molar-refractivity contribution in [2.75, 3.05) is 39.8 Å². The molecule has 1 aliphatic heterocycles. The number of nitrogens with one attached hydrogen (secondary N) is 1. The Hall–Kier alpha value is -0.120. The van der Waals surface area contributed by atoms with Crippen LogP contribution in [0.2, 0.25) is 0 Å². The Morgan fingerprint density at radius 2 is 2.06 bits per heavy atom. The van der Waals surface area contributed by atoms with Gasteiger partial charge in [-0.15, -0.1) is 0 Å². The van der Waals surface area contributed by atoms with Gasteiger partial charge in [-0.1, -0.05) is 13.8 Å². The molecule has 0 aromatic rings. The van der Waals surface area contributed by atoms with E-state index in [1.54, 1.807) is 0 Å². The van der Waals surface area contributed by atoms with Crippen LogP contribution >= 0.6 is 0 Å². The lowest BCUT2D eigenvalue weighted by Crippen LogP contribution is -2.45. The van der Waals surface area contributed by atoms with Crippen LogP contribution in [-0.4, -0.2) is 61.2 Å². The van der Waals surface area contributed by atoms with E-state index in [9.17, 15) is 0 Å². The molecular formula is C15H33N3. The predicted molar refractivity (Wildman–Crippen MR) is 80.1 cm³/mol. The molecule has 1 saturated heterocycles. The van der Waals surface area contributed by atoms with Gasteiger partial charge in [0.2, 0.25) is 0 Å². The highest BCUT2D eigenvalue weighted by molar-refractivity contribution is 4.81. The first-order chi connectivity index (χ1) is 8.48. The molecule has 0 radical (unpaired) electrons. The molecule has 18 heavy (non-hydrogen) atoms. The Morgan fingerprint density at radius 3 is 2.67 bits per heavy atom. The average molecular weight is 255 g/mol. The van der Waals surface area contributed by atoms with Gasteiger partial charge in [-0.05, 0) is 53.2 Å². The molecule has 0 aliphatic carbocycles. The first-order valence-electron chi connectivity index (χ1n) is 7.66. The molecule has 1 unspecified atom stereocenters. The first kappa shape index (κ1) is 15.9. The van der Waals surface area contributed by atoms with Gasteiger partial charge in [0.15, 0.2) is 0 Å². The van der Waals surface area contributed by atoms with Crippen LogP contribution in [0.3, 0.4) is 0 Å². The largest absolute Gasteiger partial charge is 0.311 e. The van der Waals surface area contributed by atoms with Crippen LogP contribution in [0, 0.1) is 0 Å². The molecule has 0 saturated carbocycles. The highest BCUT2D eigenvalue weighted by atomic mass is 15.2. The third-order valence-corrected chi connectivity index (χ3v) is 4.41. The Morgan fingerprint density at radius 1 is 1.33 bits per heavy atom. The van der Waals surface area contributed by atoms with E-state index >= 15 is 0 Å². The number of hydrogen-bond acceptors (Lipinski definition) is 3. The molecule has 0 amide bonds. The third kappa shape index (κ3) is 5.25. The monoisotopic (exact) mass is 255 g/mol. The van der Waals surface area contributed by atoms with E-state index < -0.39 is 0 Å². The van der Waals surface area contributed by atoms with Gasteiger partial charge in [0.05, 0.1) is 0 Å². The van der Waals surface area contributed by atoms with Gasteiger partial charge >= 0.3 is 0 Å². The quantitative estimate of drug-likeness (QED) is 0.717. The number of likely N-dealkylation sites (N-methyl/N-ethyl adjacent to an activating group) is 2. The fourth-order valence-corrected chi connectivity index (χ4v) is 2.68. The van der Waals surface area contributed by atoms with Crippen molar-refractivity contribution < 1.29 is 0 Å². The molecule has 1 rings (SSSR count). The van der Waals surface area contributed by atoms with E-state index in [-0.39, 0.29) is 5.54 Å². The van der Waals surface area contributed by atoms with E-state index in [0.717, 1.165) is 19.1 Å². The molecule has 108 valence electrons. The first-order valence-corrected chi connectivity index (χ1v) is 7.66. The van der Waals surface area contributed by atoms with Gasteiger partial charge in [-0.2, -0.15) is 0 Å². The van der Waals surface area contributed by atoms with Crippen LogP contribution in [0.25, 0.3) is 0 Å². The molecular weight excluding hydrogens is 222 g/mol. The van der Waals surface area contributed by atoms with Gasteiger partial charge in [0.25, 0.3) is 0 Å². The molecule has 1 fully saturated rings. The lowest BCUT2D eigenvalue weighted by molar-refractivity contribution is 0.195.